The summed E-state index contributed by atoms with van der Waals surface area (Å²) in [5.41, 5.74) is 8.43. The lowest BCUT2D eigenvalue weighted by atomic mass is 9.99. The Morgan fingerprint density at radius 2 is 1.77 bits per heavy atom. The number of primary amides is 1. The molecule has 3 aromatic rings. The number of halogens is 1. The molecule has 2 aliphatic heterocycles. The minimum atomic E-state index is -2.56. The van der Waals surface area contributed by atoms with Crippen LogP contribution in [-0.2, 0) is 9.36 Å². The van der Waals surface area contributed by atoms with Crippen LogP contribution >= 0.6 is 18.7 Å². The number of carbonyl (C=O) groups is 1. The summed E-state index contributed by atoms with van der Waals surface area (Å²) in [6.45, 7) is 7.37. The molecule has 234 valence electrons. The summed E-state index contributed by atoms with van der Waals surface area (Å²) < 4.78 is 18.4. The van der Waals surface area contributed by atoms with E-state index in [2.05, 4.69) is 30.4 Å². The molecule has 0 radical (unpaired) electrons. The second-order valence-electron chi connectivity index (χ2n) is 11.7. The van der Waals surface area contributed by atoms with Crippen molar-refractivity contribution in [2.45, 2.75) is 38.1 Å². The number of aromatic nitrogens is 2. The zero-order valence-electron chi connectivity index (χ0n) is 25.6. The number of piperidine rings is 2. The van der Waals surface area contributed by atoms with E-state index in [1.807, 2.05) is 48.5 Å². The Kier molecular flexibility index (Phi) is 10.1. The van der Waals surface area contributed by atoms with Gasteiger partial charge in [-0.25, -0.2) is 4.98 Å². The predicted molar refractivity (Wildman–Crippen MR) is 179 cm³/mol. The number of amides is 1. The van der Waals surface area contributed by atoms with E-state index >= 15 is 0 Å². The standard InChI is InChI=1S/C32H41ClN7O3P/c1-43-28-12-11-22(20-27(30(34)41)40-17-13-23(14-18-40)39-15-7-4-8-16-39)19-26(28)37-32-35-21-24(33)31(38-32)36-25-9-5-6-10-29(25)44(2,3)42/h5-6,9-12,19-21,23H,4,7-8,13-18H2,1-3H3,(H2,34,41)(H2,35,36,37,38). The molecule has 3 heterocycles. The van der Waals surface area contributed by atoms with Crippen LogP contribution in [0.25, 0.3) is 6.08 Å². The number of ether oxygens (including phenoxy) is 1. The first kappa shape index (κ1) is 31.8. The third-order valence-electron chi connectivity index (χ3n) is 8.22. The van der Waals surface area contributed by atoms with Gasteiger partial charge in [-0.1, -0.05) is 36.2 Å². The average Bonchev–Trinajstić information content (AvgIpc) is 3.02. The molecule has 2 aliphatic rings. The van der Waals surface area contributed by atoms with Crippen LogP contribution in [-0.4, -0.2) is 78.3 Å². The van der Waals surface area contributed by atoms with E-state index in [4.69, 9.17) is 22.1 Å². The maximum Gasteiger partial charge on any atom is 0.265 e. The van der Waals surface area contributed by atoms with Crippen molar-refractivity contribution in [1.82, 2.24) is 19.8 Å². The molecule has 0 aliphatic carbocycles. The van der Waals surface area contributed by atoms with E-state index in [0.717, 1.165) is 31.5 Å². The third kappa shape index (κ3) is 7.73. The maximum atomic E-state index is 12.9. The Balaban J connectivity index is 1.35. The van der Waals surface area contributed by atoms with Gasteiger partial charge in [0.1, 0.15) is 23.6 Å². The Morgan fingerprint density at radius 1 is 1.05 bits per heavy atom. The van der Waals surface area contributed by atoms with Crippen LogP contribution in [0.3, 0.4) is 0 Å². The molecule has 0 spiro atoms. The summed E-state index contributed by atoms with van der Waals surface area (Å²) in [7, 11) is -0.974. The molecule has 0 unspecified atom stereocenters. The number of nitrogens with zero attached hydrogens (tertiary/aromatic N) is 4. The van der Waals surface area contributed by atoms with Crippen LogP contribution in [0.5, 0.6) is 5.75 Å². The molecule has 44 heavy (non-hydrogen) atoms. The fourth-order valence-corrected chi connectivity index (χ4v) is 7.25. The molecule has 1 amide bonds. The molecule has 0 bridgehead atoms. The van der Waals surface area contributed by atoms with Gasteiger partial charge in [0.25, 0.3) is 5.91 Å². The van der Waals surface area contributed by atoms with Crippen molar-refractivity contribution in [2.75, 3.05) is 57.3 Å². The summed E-state index contributed by atoms with van der Waals surface area (Å²) in [5.74, 6) is 0.762. The lowest BCUT2D eigenvalue weighted by molar-refractivity contribution is -0.116. The summed E-state index contributed by atoms with van der Waals surface area (Å²) in [6.07, 6.45) is 9.22. The first-order valence-corrected chi connectivity index (χ1v) is 18.0. The van der Waals surface area contributed by atoms with E-state index in [1.165, 1.54) is 38.5 Å². The van der Waals surface area contributed by atoms with Gasteiger partial charge in [0.05, 0.1) is 24.7 Å². The number of rotatable bonds is 10. The first-order chi connectivity index (χ1) is 21.1. The van der Waals surface area contributed by atoms with Crippen LogP contribution in [0.1, 0.15) is 37.7 Å². The number of para-hydroxylation sites is 1. The molecule has 0 saturated carbocycles. The SMILES string of the molecule is COc1ccc(C=C(C(N)=O)N2CCC(N3CCCCC3)CC2)cc1Nc1ncc(Cl)c(Nc2ccccc2P(C)(C)=O)n1. The van der Waals surface area contributed by atoms with Gasteiger partial charge in [0.2, 0.25) is 5.95 Å². The molecule has 10 nitrogen and oxygen atoms in total. The molecular weight excluding hydrogens is 597 g/mol. The highest BCUT2D eigenvalue weighted by atomic mass is 35.5. The first-order valence-electron chi connectivity index (χ1n) is 15.0. The zero-order valence-corrected chi connectivity index (χ0v) is 27.2. The Labute approximate surface area is 264 Å². The van der Waals surface area contributed by atoms with Gasteiger partial charge >= 0.3 is 0 Å². The lowest BCUT2D eigenvalue weighted by Crippen LogP contribution is -2.47. The molecule has 2 fully saturated rings. The van der Waals surface area contributed by atoms with Crippen LogP contribution in [0, 0.1) is 0 Å². The van der Waals surface area contributed by atoms with Crippen molar-refractivity contribution in [1.29, 1.82) is 0 Å². The summed E-state index contributed by atoms with van der Waals surface area (Å²) >= 11 is 6.45. The number of nitrogens with two attached hydrogens (primary N) is 1. The highest BCUT2D eigenvalue weighted by Gasteiger charge is 2.28. The van der Waals surface area contributed by atoms with Crippen LogP contribution < -0.4 is 26.4 Å². The van der Waals surface area contributed by atoms with Crippen molar-refractivity contribution in [3.8, 4) is 5.75 Å². The summed E-state index contributed by atoms with van der Waals surface area (Å²) in [4.78, 5) is 26.2. The minimum Gasteiger partial charge on any atom is -0.495 e. The van der Waals surface area contributed by atoms with Gasteiger partial charge in [0.15, 0.2) is 5.82 Å². The molecular formula is C32H41ClN7O3P. The molecule has 2 aromatic carbocycles. The highest BCUT2D eigenvalue weighted by Crippen LogP contribution is 2.39. The second kappa shape index (κ2) is 14.0. The number of hydrogen-bond acceptors (Lipinski definition) is 9. The van der Waals surface area contributed by atoms with Crippen molar-refractivity contribution in [3.63, 3.8) is 0 Å². The summed E-state index contributed by atoms with van der Waals surface area (Å²) in [5, 5.41) is 7.45. The van der Waals surface area contributed by atoms with E-state index in [9.17, 15) is 9.36 Å². The number of benzene rings is 2. The smallest absolute Gasteiger partial charge is 0.265 e. The molecule has 0 atom stereocenters. The fourth-order valence-electron chi connectivity index (χ4n) is 5.96. The molecule has 5 rings (SSSR count). The molecule has 4 N–H and O–H groups in total. The number of methoxy groups -OCH3 is 1. The number of anilines is 4. The Morgan fingerprint density at radius 3 is 2.45 bits per heavy atom. The van der Waals surface area contributed by atoms with Crippen LogP contribution in [0.2, 0.25) is 5.02 Å². The normalized spacial score (nSPS) is 16.9. The second-order valence-corrected chi connectivity index (χ2v) is 15.3. The van der Waals surface area contributed by atoms with Gasteiger partial charge in [-0.05, 0) is 88.0 Å². The largest absolute Gasteiger partial charge is 0.495 e. The van der Waals surface area contributed by atoms with E-state index in [1.54, 1.807) is 20.4 Å². The number of hydrogen-bond donors (Lipinski definition) is 3. The van der Waals surface area contributed by atoms with Crippen molar-refractivity contribution < 1.29 is 14.1 Å². The molecule has 2 saturated heterocycles. The zero-order chi connectivity index (χ0) is 31.3. The number of likely N-dealkylation sites (tertiary alicyclic amines) is 2. The molecule has 12 heteroatoms. The van der Waals surface area contributed by atoms with Gasteiger partial charge in [-0.2, -0.15) is 4.98 Å². The van der Waals surface area contributed by atoms with Crippen molar-refractivity contribution in [2.24, 2.45) is 5.73 Å². The maximum absolute atomic E-state index is 12.9. The van der Waals surface area contributed by atoms with E-state index < -0.39 is 13.0 Å². The number of nitrogens with one attached hydrogen (secondary N) is 2. The quantitative estimate of drug-likeness (QED) is 0.191. The minimum absolute atomic E-state index is 0.278. The Bertz CT molecular complexity index is 1560. The van der Waals surface area contributed by atoms with Gasteiger partial charge < -0.3 is 35.5 Å². The van der Waals surface area contributed by atoms with E-state index in [-0.39, 0.29) is 5.95 Å². The Hall–Kier alpha value is -3.59. The monoisotopic (exact) mass is 637 g/mol. The number of carbonyl (C=O) groups excluding carboxylic acids is 1. The van der Waals surface area contributed by atoms with Crippen molar-refractivity contribution >= 4 is 59.2 Å². The summed E-state index contributed by atoms with van der Waals surface area (Å²) in [6, 6.07) is 13.5. The topological polar surface area (TPSA) is 126 Å². The van der Waals surface area contributed by atoms with Gasteiger partial charge in [-0.15, -0.1) is 0 Å². The third-order valence-corrected chi connectivity index (χ3v) is 10.0. The predicted octanol–water partition coefficient (Wildman–Crippen LogP) is 5.65. The van der Waals surface area contributed by atoms with Gasteiger partial charge in [0, 0.05) is 24.4 Å². The van der Waals surface area contributed by atoms with E-state index in [0.29, 0.717) is 45.0 Å². The van der Waals surface area contributed by atoms with Crippen LogP contribution in [0.15, 0.2) is 54.4 Å². The lowest BCUT2D eigenvalue weighted by Gasteiger charge is -2.41. The van der Waals surface area contributed by atoms with Gasteiger partial charge in [-0.3, -0.25) is 4.79 Å². The van der Waals surface area contributed by atoms with Crippen LogP contribution in [0.4, 0.5) is 23.1 Å². The average molecular weight is 638 g/mol. The highest BCUT2D eigenvalue weighted by molar-refractivity contribution is 7.70. The van der Waals surface area contributed by atoms with Crippen molar-refractivity contribution in [3.05, 3.63) is 64.9 Å². The molecule has 1 aromatic heterocycles. The fraction of sp³-hybridized carbons (Fsp3) is 0.406.